The highest BCUT2D eigenvalue weighted by molar-refractivity contribution is 7.92. The highest BCUT2D eigenvalue weighted by Gasteiger charge is 2.18. The lowest BCUT2D eigenvalue weighted by Crippen LogP contribution is -2.15. The number of halogens is 2. The van der Waals surface area contributed by atoms with E-state index in [4.69, 9.17) is 23.2 Å². The van der Waals surface area contributed by atoms with Crippen LogP contribution >= 0.6 is 23.2 Å². The van der Waals surface area contributed by atoms with Gasteiger partial charge in [-0.3, -0.25) is 4.72 Å². The molecule has 0 aliphatic heterocycles. The van der Waals surface area contributed by atoms with Crippen LogP contribution in [0.15, 0.2) is 65.7 Å². The van der Waals surface area contributed by atoms with Crippen molar-refractivity contribution in [2.24, 2.45) is 0 Å². The SMILES string of the molecule is COC(=O)c1ccc(S(=O)(=O)Nc2cnc3ccc(NCc4ccc(Cl)c(Cl)c4)nn23)cc1. The summed E-state index contributed by atoms with van der Waals surface area (Å²) in [6, 6.07) is 14.1. The summed E-state index contributed by atoms with van der Waals surface area (Å²) in [5.41, 5.74) is 1.59. The van der Waals surface area contributed by atoms with Gasteiger partial charge in [0.2, 0.25) is 0 Å². The molecule has 33 heavy (non-hydrogen) atoms. The van der Waals surface area contributed by atoms with E-state index in [-0.39, 0.29) is 16.3 Å². The van der Waals surface area contributed by atoms with Crippen molar-refractivity contribution >= 4 is 56.5 Å². The van der Waals surface area contributed by atoms with Crippen LogP contribution in [0.4, 0.5) is 11.6 Å². The van der Waals surface area contributed by atoms with Crippen LogP contribution in [-0.4, -0.2) is 36.1 Å². The van der Waals surface area contributed by atoms with Crippen LogP contribution in [0.3, 0.4) is 0 Å². The van der Waals surface area contributed by atoms with Crippen LogP contribution in [0.25, 0.3) is 5.65 Å². The largest absolute Gasteiger partial charge is 0.465 e. The Kier molecular flexibility index (Phi) is 6.41. The first-order valence-electron chi connectivity index (χ1n) is 9.50. The predicted octanol–water partition coefficient (Wildman–Crippen LogP) is 4.24. The summed E-state index contributed by atoms with van der Waals surface area (Å²) in [6.45, 7) is 0.428. The molecule has 0 unspecified atom stereocenters. The minimum atomic E-state index is -3.95. The number of carbonyl (C=O) groups is 1. The number of rotatable bonds is 7. The smallest absolute Gasteiger partial charge is 0.337 e. The molecule has 0 saturated heterocycles. The summed E-state index contributed by atoms with van der Waals surface area (Å²) >= 11 is 12.0. The van der Waals surface area contributed by atoms with Crippen molar-refractivity contribution in [1.82, 2.24) is 14.6 Å². The fourth-order valence-corrected chi connectivity index (χ4v) is 4.31. The third-order valence-electron chi connectivity index (χ3n) is 4.64. The number of aromatic nitrogens is 3. The number of benzene rings is 2. The lowest BCUT2D eigenvalue weighted by molar-refractivity contribution is 0.0600. The minimum Gasteiger partial charge on any atom is -0.465 e. The number of sulfonamides is 1. The number of methoxy groups -OCH3 is 1. The molecule has 0 aliphatic rings. The standard InChI is InChI=1S/C21H17Cl2N5O4S/c1-32-21(29)14-3-5-15(6-4-14)33(30,31)27-20-12-25-19-9-8-18(26-28(19)20)24-11-13-2-7-16(22)17(23)10-13/h2-10,12,27H,11H2,1H3,(H,24,26). The van der Waals surface area contributed by atoms with Crippen LogP contribution in [-0.2, 0) is 21.3 Å². The van der Waals surface area contributed by atoms with Crippen LogP contribution < -0.4 is 10.0 Å². The van der Waals surface area contributed by atoms with Crippen molar-refractivity contribution in [3.63, 3.8) is 0 Å². The monoisotopic (exact) mass is 505 g/mol. The van der Waals surface area contributed by atoms with Crippen LogP contribution in [0, 0.1) is 0 Å². The van der Waals surface area contributed by atoms with E-state index < -0.39 is 16.0 Å². The normalized spacial score (nSPS) is 11.4. The van der Waals surface area contributed by atoms with E-state index in [0.29, 0.717) is 28.1 Å². The molecule has 0 aliphatic carbocycles. The zero-order valence-electron chi connectivity index (χ0n) is 17.1. The fourth-order valence-electron chi connectivity index (χ4n) is 2.96. The van der Waals surface area contributed by atoms with E-state index in [2.05, 4.69) is 24.9 Å². The summed E-state index contributed by atoms with van der Waals surface area (Å²) in [6.07, 6.45) is 1.37. The second-order valence-electron chi connectivity index (χ2n) is 6.86. The maximum absolute atomic E-state index is 12.8. The summed E-state index contributed by atoms with van der Waals surface area (Å²) in [5.74, 6) is 0.0912. The van der Waals surface area contributed by atoms with Gasteiger partial charge in [0.25, 0.3) is 10.0 Å². The van der Waals surface area contributed by atoms with Gasteiger partial charge < -0.3 is 10.1 Å². The Labute approximate surface area is 199 Å². The first-order chi connectivity index (χ1) is 15.8. The molecule has 0 bridgehead atoms. The Morgan fingerprint density at radius 3 is 2.52 bits per heavy atom. The maximum Gasteiger partial charge on any atom is 0.337 e. The van der Waals surface area contributed by atoms with Gasteiger partial charge in [0.1, 0.15) is 5.82 Å². The Morgan fingerprint density at radius 2 is 1.82 bits per heavy atom. The maximum atomic E-state index is 12.8. The van der Waals surface area contributed by atoms with Crippen molar-refractivity contribution in [2.45, 2.75) is 11.4 Å². The topological polar surface area (TPSA) is 115 Å². The van der Waals surface area contributed by atoms with Gasteiger partial charge in [0.15, 0.2) is 11.5 Å². The molecule has 2 aromatic carbocycles. The van der Waals surface area contributed by atoms with Crippen LogP contribution in [0.2, 0.25) is 10.0 Å². The van der Waals surface area contributed by atoms with E-state index >= 15 is 0 Å². The first kappa shape index (κ1) is 22.8. The van der Waals surface area contributed by atoms with Gasteiger partial charge in [-0.1, -0.05) is 29.3 Å². The molecule has 4 aromatic rings. The zero-order valence-corrected chi connectivity index (χ0v) is 19.4. The second-order valence-corrected chi connectivity index (χ2v) is 9.35. The molecule has 0 saturated carbocycles. The van der Waals surface area contributed by atoms with Gasteiger partial charge in [-0.05, 0) is 54.1 Å². The van der Waals surface area contributed by atoms with Crippen molar-refractivity contribution in [3.05, 3.63) is 82.0 Å². The molecule has 0 atom stereocenters. The van der Waals surface area contributed by atoms with Crippen molar-refractivity contribution in [1.29, 1.82) is 0 Å². The van der Waals surface area contributed by atoms with Crippen molar-refractivity contribution in [2.75, 3.05) is 17.1 Å². The molecule has 0 spiro atoms. The average Bonchev–Trinajstić information content (AvgIpc) is 3.20. The van der Waals surface area contributed by atoms with Gasteiger partial charge in [0, 0.05) is 6.54 Å². The lowest BCUT2D eigenvalue weighted by atomic mass is 10.2. The molecule has 2 heterocycles. The lowest BCUT2D eigenvalue weighted by Gasteiger charge is -2.10. The number of ether oxygens (including phenoxy) is 1. The number of esters is 1. The number of hydrogen-bond acceptors (Lipinski definition) is 7. The van der Waals surface area contributed by atoms with Gasteiger partial charge in [-0.2, -0.15) is 4.52 Å². The second kappa shape index (κ2) is 9.26. The number of nitrogens with zero attached hydrogens (tertiary/aromatic N) is 3. The van der Waals surface area contributed by atoms with E-state index in [0.717, 1.165) is 5.56 Å². The van der Waals surface area contributed by atoms with E-state index in [9.17, 15) is 13.2 Å². The van der Waals surface area contributed by atoms with Gasteiger partial charge >= 0.3 is 5.97 Å². The quantitative estimate of drug-likeness (QED) is 0.361. The average molecular weight is 506 g/mol. The third-order valence-corrected chi connectivity index (χ3v) is 6.75. The molecule has 170 valence electrons. The molecule has 0 fully saturated rings. The fraction of sp³-hybridized carbons (Fsp3) is 0.0952. The van der Waals surface area contributed by atoms with E-state index in [1.54, 1.807) is 24.3 Å². The first-order valence-corrected chi connectivity index (χ1v) is 11.7. The molecular formula is C21H17Cl2N5O4S. The summed E-state index contributed by atoms with van der Waals surface area (Å²) in [4.78, 5) is 15.7. The summed E-state index contributed by atoms with van der Waals surface area (Å²) in [5, 5.41) is 8.48. The predicted molar refractivity (Wildman–Crippen MR) is 125 cm³/mol. The number of hydrogen-bond donors (Lipinski definition) is 2. The van der Waals surface area contributed by atoms with Crippen molar-refractivity contribution < 1.29 is 17.9 Å². The third kappa shape index (κ3) is 5.03. The summed E-state index contributed by atoms with van der Waals surface area (Å²) < 4.78 is 34.1. The van der Waals surface area contributed by atoms with Crippen LogP contribution in [0.1, 0.15) is 15.9 Å². The Bertz CT molecular complexity index is 1440. The zero-order chi connectivity index (χ0) is 23.6. The molecule has 0 amide bonds. The highest BCUT2D eigenvalue weighted by Crippen LogP contribution is 2.23. The molecule has 0 radical (unpaired) electrons. The highest BCUT2D eigenvalue weighted by atomic mass is 35.5. The Morgan fingerprint density at radius 1 is 1.06 bits per heavy atom. The van der Waals surface area contributed by atoms with Crippen LogP contribution in [0.5, 0.6) is 0 Å². The number of carbonyl (C=O) groups excluding carboxylic acids is 1. The number of anilines is 2. The molecule has 12 heteroatoms. The molecular weight excluding hydrogens is 489 g/mol. The molecule has 2 N–H and O–H groups in total. The Hall–Kier alpha value is -3.34. The van der Waals surface area contributed by atoms with Gasteiger partial charge in [0.05, 0.1) is 33.8 Å². The van der Waals surface area contributed by atoms with Gasteiger partial charge in [-0.15, -0.1) is 5.10 Å². The summed E-state index contributed by atoms with van der Waals surface area (Å²) in [7, 11) is -2.70. The minimum absolute atomic E-state index is 0.0287. The molecule has 9 nitrogen and oxygen atoms in total. The van der Waals surface area contributed by atoms with E-state index in [1.807, 2.05) is 6.07 Å². The molecule has 2 aromatic heterocycles. The molecule has 4 rings (SSSR count). The van der Waals surface area contributed by atoms with E-state index in [1.165, 1.54) is 42.1 Å². The number of nitrogens with one attached hydrogen (secondary N) is 2. The number of fused-ring (bicyclic) bond motifs is 1. The number of imidazole rings is 1. The Balaban J connectivity index is 1.54. The van der Waals surface area contributed by atoms with Crippen molar-refractivity contribution in [3.8, 4) is 0 Å². The van der Waals surface area contributed by atoms with Gasteiger partial charge in [-0.25, -0.2) is 18.2 Å².